The minimum absolute atomic E-state index is 0.0618. The van der Waals surface area contributed by atoms with Gasteiger partial charge in [0.05, 0.1) is 24.5 Å². The van der Waals surface area contributed by atoms with Crippen LogP contribution in [-0.2, 0) is 28.5 Å². The summed E-state index contributed by atoms with van der Waals surface area (Å²) in [5, 5.41) is 0. The van der Waals surface area contributed by atoms with Crippen LogP contribution in [0.25, 0.3) is 0 Å². The van der Waals surface area contributed by atoms with Gasteiger partial charge in [0, 0.05) is 7.11 Å². The van der Waals surface area contributed by atoms with Gasteiger partial charge < -0.3 is 18.9 Å². The van der Waals surface area contributed by atoms with E-state index in [2.05, 4.69) is 26.8 Å². The van der Waals surface area contributed by atoms with Gasteiger partial charge in [0.25, 0.3) is 5.78 Å². The Hall–Kier alpha value is -0.950. The Morgan fingerprint density at radius 1 is 1.35 bits per heavy atom. The smallest absolute Gasteiger partial charge is 0.376 e. The number of epoxide rings is 2. The van der Waals surface area contributed by atoms with Crippen LogP contribution in [0.4, 0.5) is 0 Å². The monoisotopic (exact) mass is 386 g/mol. The van der Waals surface area contributed by atoms with E-state index >= 15 is 0 Å². The molecule has 3 aliphatic rings. The van der Waals surface area contributed by atoms with Crippen molar-refractivity contribution in [2.75, 3.05) is 19.6 Å². The fourth-order valence-electron chi connectivity index (χ4n) is 4.33. The average molecular weight is 387 g/mol. The molecule has 0 unspecified atom stereocenters. The molecule has 0 amide bonds. The summed E-state index contributed by atoms with van der Waals surface area (Å²) >= 11 is 5.45. The van der Waals surface area contributed by atoms with Crippen molar-refractivity contribution >= 4 is 23.4 Å². The number of ketones is 1. The van der Waals surface area contributed by atoms with Gasteiger partial charge in [-0.15, -0.1) is 11.6 Å². The topological polar surface area (TPSA) is 77.7 Å². The molecule has 1 saturated carbocycles. The lowest BCUT2D eigenvalue weighted by Gasteiger charge is -2.42. The van der Waals surface area contributed by atoms with Gasteiger partial charge >= 0.3 is 5.97 Å². The predicted molar refractivity (Wildman–Crippen MR) is 95.1 cm³/mol. The zero-order chi connectivity index (χ0) is 19.1. The van der Waals surface area contributed by atoms with E-state index in [0.29, 0.717) is 13.0 Å². The first-order valence-corrected chi connectivity index (χ1v) is 9.58. The van der Waals surface area contributed by atoms with Crippen LogP contribution < -0.4 is 0 Å². The third-order valence-corrected chi connectivity index (χ3v) is 6.09. The van der Waals surface area contributed by atoms with Crippen molar-refractivity contribution in [1.82, 2.24) is 0 Å². The van der Waals surface area contributed by atoms with Gasteiger partial charge in [0.1, 0.15) is 23.4 Å². The van der Waals surface area contributed by atoms with E-state index in [1.165, 1.54) is 5.57 Å². The van der Waals surface area contributed by atoms with Crippen molar-refractivity contribution < 1.29 is 28.5 Å². The SMILES string of the molecule is CO[C@@H]1[C@H](OC(=O)C(=O)CCl)CC[C@]2(CO2)[C@H]1[C@]1(C)O[C@@H]1CC=C(C)C. The number of methoxy groups -OCH3 is 1. The molecule has 2 heterocycles. The number of carbonyl (C=O) groups excluding carboxylic acids is 2. The van der Waals surface area contributed by atoms with Crippen LogP contribution in [0.1, 0.15) is 40.0 Å². The number of carbonyl (C=O) groups is 2. The van der Waals surface area contributed by atoms with Crippen LogP contribution in [0, 0.1) is 5.92 Å². The maximum atomic E-state index is 11.9. The highest BCUT2D eigenvalue weighted by Gasteiger charge is 2.72. The summed E-state index contributed by atoms with van der Waals surface area (Å²) in [6.07, 6.45) is 3.52. The highest BCUT2D eigenvalue weighted by Crippen LogP contribution is 2.59. The number of rotatable bonds is 7. The summed E-state index contributed by atoms with van der Waals surface area (Å²) in [5.41, 5.74) is 0.567. The fraction of sp³-hybridized carbons (Fsp3) is 0.789. The third kappa shape index (κ3) is 3.57. The highest BCUT2D eigenvalue weighted by molar-refractivity contribution is 6.45. The van der Waals surface area contributed by atoms with Crippen molar-refractivity contribution in [2.24, 2.45) is 5.92 Å². The molecule has 0 aromatic carbocycles. The second-order valence-corrected chi connectivity index (χ2v) is 8.15. The average Bonchev–Trinajstić information content (AvgIpc) is 3.51. The fourth-order valence-corrected chi connectivity index (χ4v) is 4.44. The van der Waals surface area contributed by atoms with Crippen LogP contribution >= 0.6 is 11.6 Å². The molecule has 1 spiro atoms. The normalized spacial score (nSPS) is 40.8. The molecule has 26 heavy (non-hydrogen) atoms. The first kappa shape index (κ1) is 19.8. The number of halogens is 1. The number of alkyl halides is 1. The summed E-state index contributed by atoms with van der Waals surface area (Å²) in [4.78, 5) is 23.4. The van der Waals surface area contributed by atoms with Gasteiger partial charge in [-0.2, -0.15) is 0 Å². The summed E-state index contributed by atoms with van der Waals surface area (Å²) in [7, 11) is 1.60. The predicted octanol–water partition coefficient (Wildman–Crippen LogP) is 2.41. The number of allylic oxidation sites excluding steroid dienone is 1. The standard InChI is InChI=1S/C19H27ClO6/c1-11(2)5-6-14-18(3,26-14)16-15(23-4)13(7-8-19(16)10-24-19)25-17(22)12(21)9-20/h5,13-16H,6-10H2,1-4H3/t13-,14-,15-,16-,18-,19+/m1/s1. The van der Waals surface area contributed by atoms with E-state index in [4.69, 9.17) is 30.5 Å². The second-order valence-electron chi connectivity index (χ2n) is 7.88. The Bertz CT molecular complexity index is 609. The molecule has 3 rings (SSSR count). The van der Waals surface area contributed by atoms with Gasteiger partial charge in [-0.1, -0.05) is 11.6 Å². The van der Waals surface area contributed by atoms with Crippen molar-refractivity contribution in [1.29, 1.82) is 0 Å². The Balaban J connectivity index is 1.77. The van der Waals surface area contributed by atoms with E-state index in [0.717, 1.165) is 12.8 Å². The molecule has 3 fully saturated rings. The second kappa shape index (κ2) is 7.23. The lowest BCUT2D eigenvalue weighted by Crippen LogP contribution is -2.56. The Morgan fingerprint density at radius 2 is 2.04 bits per heavy atom. The Kier molecular flexibility index (Phi) is 5.50. The van der Waals surface area contributed by atoms with E-state index in [1.54, 1.807) is 7.11 Å². The summed E-state index contributed by atoms with van der Waals surface area (Å²) in [5.74, 6) is -2.09. The summed E-state index contributed by atoms with van der Waals surface area (Å²) < 4.78 is 23.1. The molecule has 0 bridgehead atoms. The first-order chi connectivity index (χ1) is 12.3. The molecule has 2 saturated heterocycles. The molecule has 0 aromatic rings. The lowest BCUT2D eigenvalue weighted by molar-refractivity contribution is -0.174. The van der Waals surface area contributed by atoms with Crippen LogP contribution in [0.2, 0.25) is 0 Å². The number of Topliss-reactive ketones (excluding diaryl/α,β-unsaturated/α-hetero) is 1. The molecule has 146 valence electrons. The molecule has 0 N–H and O–H groups in total. The van der Waals surface area contributed by atoms with Crippen molar-refractivity contribution in [2.45, 2.75) is 69.5 Å². The number of ether oxygens (including phenoxy) is 4. The maximum absolute atomic E-state index is 11.9. The van der Waals surface area contributed by atoms with Gasteiger partial charge in [-0.3, -0.25) is 4.79 Å². The van der Waals surface area contributed by atoms with E-state index < -0.39 is 23.5 Å². The molecule has 6 nitrogen and oxygen atoms in total. The van der Waals surface area contributed by atoms with Gasteiger partial charge in [0.15, 0.2) is 0 Å². The largest absolute Gasteiger partial charge is 0.454 e. The van der Waals surface area contributed by atoms with E-state index in [-0.39, 0.29) is 29.6 Å². The lowest BCUT2D eigenvalue weighted by atomic mass is 9.68. The minimum Gasteiger partial charge on any atom is -0.454 e. The summed E-state index contributed by atoms with van der Waals surface area (Å²) in [6.45, 7) is 6.86. The minimum atomic E-state index is -0.901. The molecule has 2 aliphatic heterocycles. The van der Waals surface area contributed by atoms with Crippen molar-refractivity contribution in [3.8, 4) is 0 Å². The molecule has 6 atom stereocenters. The van der Waals surface area contributed by atoms with Crippen molar-refractivity contribution in [3.05, 3.63) is 11.6 Å². The molecule has 7 heteroatoms. The molecular weight excluding hydrogens is 360 g/mol. The Morgan fingerprint density at radius 3 is 2.58 bits per heavy atom. The number of hydrogen-bond donors (Lipinski definition) is 0. The van der Waals surface area contributed by atoms with Crippen LogP contribution in [0.15, 0.2) is 11.6 Å². The maximum Gasteiger partial charge on any atom is 0.376 e. The van der Waals surface area contributed by atoms with Gasteiger partial charge in [0.2, 0.25) is 0 Å². The van der Waals surface area contributed by atoms with Crippen LogP contribution in [0.5, 0.6) is 0 Å². The zero-order valence-electron chi connectivity index (χ0n) is 15.7. The van der Waals surface area contributed by atoms with Gasteiger partial charge in [-0.05, 0) is 40.0 Å². The third-order valence-electron chi connectivity index (χ3n) is 5.84. The van der Waals surface area contributed by atoms with Crippen LogP contribution in [-0.4, -0.2) is 60.9 Å². The molecule has 0 aromatic heterocycles. The van der Waals surface area contributed by atoms with Crippen molar-refractivity contribution in [3.63, 3.8) is 0 Å². The highest BCUT2D eigenvalue weighted by atomic mass is 35.5. The molecular formula is C19H27ClO6. The first-order valence-electron chi connectivity index (χ1n) is 9.05. The zero-order valence-corrected chi connectivity index (χ0v) is 16.5. The quantitative estimate of drug-likeness (QED) is 0.220. The van der Waals surface area contributed by atoms with Crippen LogP contribution in [0.3, 0.4) is 0 Å². The van der Waals surface area contributed by atoms with E-state index in [9.17, 15) is 9.59 Å². The number of hydrogen-bond acceptors (Lipinski definition) is 6. The molecule has 1 aliphatic carbocycles. The number of esters is 1. The molecule has 0 radical (unpaired) electrons. The van der Waals surface area contributed by atoms with E-state index in [1.807, 2.05) is 0 Å². The van der Waals surface area contributed by atoms with Gasteiger partial charge in [-0.25, -0.2) is 4.79 Å². The summed E-state index contributed by atoms with van der Waals surface area (Å²) in [6, 6.07) is 0. The Labute approximate surface area is 159 Å².